The minimum Gasteiger partial charge on any atom is -0.370 e. The smallest absolute Gasteiger partial charge is 0.124 e. The summed E-state index contributed by atoms with van der Waals surface area (Å²) in [7, 11) is 1.96. The van der Waals surface area contributed by atoms with Crippen LogP contribution in [-0.4, -0.2) is 22.9 Å². The number of aryl methyl sites for hydroxylation is 2. The van der Waals surface area contributed by atoms with E-state index in [4.69, 9.17) is 5.73 Å². The lowest BCUT2D eigenvalue weighted by molar-refractivity contribution is 0.487. The van der Waals surface area contributed by atoms with Gasteiger partial charge < -0.3 is 11.1 Å². The fraction of sp³-hybridized carbons (Fsp3) is 0.750. The largest absolute Gasteiger partial charge is 0.370 e. The van der Waals surface area contributed by atoms with Crippen LogP contribution in [0, 0.1) is 12.8 Å². The molecule has 16 heavy (non-hydrogen) atoms. The van der Waals surface area contributed by atoms with E-state index >= 15 is 0 Å². The maximum Gasteiger partial charge on any atom is 0.124 e. The monoisotopic (exact) mass is 224 g/mol. The summed E-state index contributed by atoms with van der Waals surface area (Å²) in [5.41, 5.74) is 6.58. The molecule has 4 nitrogen and oxygen atoms in total. The fourth-order valence-corrected chi connectivity index (χ4v) is 1.87. The topological polar surface area (TPSA) is 55.9 Å². The van der Waals surface area contributed by atoms with Gasteiger partial charge in [-0.2, -0.15) is 5.10 Å². The summed E-state index contributed by atoms with van der Waals surface area (Å²) in [6.45, 7) is 6.08. The van der Waals surface area contributed by atoms with Crippen molar-refractivity contribution in [3.8, 4) is 0 Å². The van der Waals surface area contributed by atoms with Crippen LogP contribution in [0.5, 0.6) is 0 Å². The zero-order valence-electron chi connectivity index (χ0n) is 10.7. The van der Waals surface area contributed by atoms with Gasteiger partial charge in [0.25, 0.3) is 0 Å². The first-order valence-electron chi connectivity index (χ1n) is 6.08. The van der Waals surface area contributed by atoms with Gasteiger partial charge in [-0.05, 0) is 38.6 Å². The summed E-state index contributed by atoms with van der Waals surface area (Å²) in [5, 5.41) is 7.69. The van der Waals surface area contributed by atoms with Crippen molar-refractivity contribution in [3.05, 3.63) is 11.8 Å². The molecule has 4 heteroatoms. The molecule has 0 aliphatic carbocycles. The maximum absolute atomic E-state index is 5.52. The number of hydrogen-bond donors (Lipinski definition) is 2. The number of nitrogens with two attached hydrogens (primary N) is 1. The van der Waals surface area contributed by atoms with E-state index in [0.717, 1.165) is 36.9 Å². The average molecular weight is 224 g/mol. The van der Waals surface area contributed by atoms with Crippen molar-refractivity contribution in [2.75, 3.05) is 18.4 Å². The van der Waals surface area contributed by atoms with Crippen LogP contribution in [0.25, 0.3) is 0 Å². The van der Waals surface area contributed by atoms with Gasteiger partial charge in [0.1, 0.15) is 5.82 Å². The van der Waals surface area contributed by atoms with Gasteiger partial charge in [-0.15, -0.1) is 0 Å². The van der Waals surface area contributed by atoms with Crippen LogP contribution in [0.3, 0.4) is 0 Å². The highest BCUT2D eigenvalue weighted by Gasteiger charge is 2.02. The Morgan fingerprint density at radius 1 is 1.50 bits per heavy atom. The zero-order chi connectivity index (χ0) is 12.0. The van der Waals surface area contributed by atoms with E-state index in [9.17, 15) is 0 Å². The van der Waals surface area contributed by atoms with E-state index in [1.807, 2.05) is 18.7 Å². The van der Waals surface area contributed by atoms with Crippen molar-refractivity contribution in [2.24, 2.45) is 18.7 Å². The molecule has 1 aromatic rings. The van der Waals surface area contributed by atoms with Gasteiger partial charge in [-0.3, -0.25) is 4.68 Å². The molecule has 0 fully saturated rings. The van der Waals surface area contributed by atoms with Gasteiger partial charge in [0.05, 0.1) is 5.69 Å². The van der Waals surface area contributed by atoms with Gasteiger partial charge in [0.15, 0.2) is 0 Å². The number of aromatic nitrogens is 2. The van der Waals surface area contributed by atoms with Crippen molar-refractivity contribution < 1.29 is 0 Å². The normalized spacial score (nSPS) is 12.8. The van der Waals surface area contributed by atoms with Gasteiger partial charge >= 0.3 is 0 Å². The quantitative estimate of drug-likeness (QED) is 0.696. The molecule has 1 rings (SSSR count). The van der Waals surface area contributed by atoms with Crippen LogP contribution in [0.1, 0.15) is 31.9 Å². The Labute approximate surface area is 98.2 Å². The predicted molar refractivity (Wildman–Crippen MR) is 68.5 cm³/mol. The summed E-state index contributed by atoms with van der Waals surface area (Å²) >= 11 is 0. The maximum atomic E-state index is 5.52. The molecule has 3 N–H and O–H groups in total. The molecule has 92 valence electrons. The molecule has 0 spiro atoms. The van der Waals surface area contributed by atoms with Gasteiger partial charge in [0, 0.05) is 19.7 Å². The molecule has 1 heterocycles. The lowest BCUT2D eigenvalue weighted by atomic mass is 10.0. The van der Waals surface area contributed by atoms with Crippen molar-refractivity contribution in [2.45, 2.75) is 33.1 Å². The second-order valence-corrected chi connectivity index (χ2v) is 4.55. The first-order valence-corrected chi connectivity index (χ1v) is 6.08. The Morgan fingerprint density at radius 3 is 2.81 bits per heavy atom. The molecular formula is C12H24N4. The molecule has 0 saturated carbocycles. The number of hydrogen-bond acceptors (Lipinski definition) is 3. The summed E-state index contributed by atoms with van der Waals surface area (Å²) in [5.74, 6) is 1.84. The van der Waals surface area contributed by atoms with Crippen LogP contribution < -0.4 is 11.1 Å². The Hall–Kier alpha value is -1.03. The SMILES string of the molecule is Cc1cc(NCCCC(C)CCN)n(C)n1. The molecule has 0 bridgehead atoms. The molecule has 1 atom stereocenters. The molecular weight excluding hydrogens is 200 g/mol. The van der Waals surface area contributed by atoms with E-state index < -0.39 is 0 Å². The Bertz CT molecular complexity index is 306. The summed E-state index contributed by atoms with van der Waals surface area (Å²) in [6.07, 6.45) is 3.55. The van der Waals surface area contributed by atoms with Crippen molar-refractivity contribution in [1.82, 2.24) is 9.78 Å². The van der Waals surface area contributed by atoms with E-state index in [0.29, 0.717) is 0 Å². The van der Waals surface area contributed by atoms with E-state index in [1.165, 1.54) is 12.8 Å². The lowest BCUT2D eigenvalue weighted by Crippen LogP contribution is -2.09. The lowest BCUT2D eigenvalue weighted by Gasteiger charge is -2.10. The number of anilines is 1. The Morgan fingerprint density at radius 2 is 2.25 bits per heavy atom. The predicted octanol–water partition coefficient (Wildman–Crippen LogP) is 1.91. The van der Waals surface area contributed by atoms with Crippen LogP contribution >= 0.6 is 0 Å². The van der Waals surface area contributed by atoms with Crippen LogP contribution in [0.4, 0.5) is 5.82 Å². The van der Waals surface area contributed by atoms with Crippen molar-refractivity contribution in [1.29, 1.82) is 0 Å². The highest BCUT2D eigenvalue weighted by molar-refractivity contribution is 5.36. The Kier molecular flexibility index (Phi) is 5.32. The standard InChI is InChI=1S/C12H24N4/c1-10(6-7-13)5-4-8-14-12-9-11(2)15-16(12)3/h9-10,14H,4-8,13H2,1-3H3. The van der Waals surface area contributed by atoms with Crippen molar-refractivity contribution in [3.63, 3.8) is 0 Å². The summed E-state index contributed by atoms with van der Waals surface area (Å²) in [4.78, 5) is 0. The molecule has 0 aromatic carbocycles. The fourth-order valence-electron chi connectivity index (χ4n) is 1.87. The minimum atomic E-state index is 0.736. The van der Waals surface area contributed by atoms with Gasteiger partial charge in [-0.1, -0.05) is 6.92 Å². The van der Waals surface area contributed by atoms with Crippen LogP contribution in [0.15, 0.2) is 6.07 Å². The highest BCUT2D eigenvalue weighted by Crippen LogP contribution is 2.11. The molecule has 0 aliphatic rings. The molecule has 1 aromatic heterocycles. The van der Waals surface area contributed by atoms with E-state index in [2.05, 4.69) is 23.4 Å². The molecule has 1 unspecified atom stereocenters. The van der Waals surface area contributed by atoms with Crippen LogP contribution in [0.2, 0.25) is 0 Å². The van der Waals surface area contributed by atoms with Crippen molar-refractivity contribution >= 4 is 5.82 Å². The third-order valence-electron chi connectivity index (χ3n) is 2.84. The summed E-state index contributed by atoms with van der Waals surface area (Å²) < 4.78 is 1.89. The van der Waals surface area contributed by atoms with Gasteiger partial charge in [-0.25, -0.2) is 0 Å². The van der Waals surface area contributed by atoms with Crippen LogP contribution in [-0.2, 0) is 7.05 Å². The molecule has 0 amide bonds. The first-order chi connectivity index (χ1) is 7.63. The number of rotatable bonds is 7. The van der Waals surface area contributed by atoms with Gasteiger partial charge in [0.2, 0.25) is 0 Å². The molecule has 0 saturated heterocycles. The van der Waals surface area contributed by atoms with E-state index in [1.54, 1.807) is 0 Å². The summed E-state index contributed by atoms with van der Waals surface area (Å²) in [6, 6.07) is 2.07. The molecule has 0 aliphatic heterocycles. The third-order valence-corrected chi connectivity index (χ3v) is 2.84. The third kappa shape index (κ3) is 4.23. The first kappa shape index (κ1) is 13.0. The zero-order valence-corrected chi connectivity index (χ0v) is 10.7. The highest BCUT2D eigenvalue weighted by atomic mass is 15.3. The minimum absolute atomic E-state index is 0.736. The molecule has 0 radical (unpaired) electrons. The average Bonchev–Trinajstić information content (AvgIpc) is 2.53. The number of nitrogens with zero attached hydrogens (tertiary/aromatic N) is 2. The second kappa shape index (κ2) is 6.53. The second-order valence-electron chi connectivity index (χ2n) is 4.55. The number of nitrogens with one attached hydrogen (secondary N) is 1. The Balaban J connectivity index is 2.18. The van der Waals surface area contributed by atoms with E-state index in [-0.39, 0.29) is 0 Å².